The van der Waals surface area contributed by atoms with Gasteiger partial charge in [-0.05, 0) is 26.3 Å². The molecule has 0 amide bonds. The van der Waals surface area contributed by atoms with Crippen molar-refractivity contribution in [1.82, 2.24) is 9.88 Å². The van der Waals surface area contributed by atoms with E-state index in [4.69, 9.17) is 0 Å². The van der Waals surface area contributed by atoms with Gasteiger partial charge in [-0.25, -0.2) is 4.98 Å². The fourth-order valence-electron chi connectivity index (χ4n) is 2.81. The largest absolute Gasteiger partial charge is 0.481 e. The maximum Gasteiger partial charge on any atom is 0.310 e. The van der Waals surface area contributed by atoms with Crippen molar-refractivity contribution in [3.8, 4) is 0 Å². The number of likely N-dealkylation sites (tertiary alicyclic amines) is 1. The van der Waals surface area contributed by atoms with Crippen LogP contribution in [0.2, 0.25) is 0 Å². The van der Waals surface area contributed by atoms with Gasteiger partial charge in [-0.1, -0.05) is 13.3 Å². The number of nitrogens with zero attached hydrogens (tertiary/aromatic N) is 2. The molecule has 5 heteroatoms. The Hall–Kier alpha value is -0.940. The highest BCUT2D eigenvalue weighted by molar-refractivity contribution is 7.07. The number of carboxylic acids is 1. The minimum Gasteiger partial charge on any atom is -0.481 e. The molecule has 2 heterocycles. The van der Waals surface area contributed by atoms with Crippen LogP contribution >= 0.6 is 11.3 Å². The number of aromatic nitrogens is 1. The maximum absolute atomic E-state index is 11.5. The Morgan fingerprint density at radius 1 is 1.72 bits per heavy atom. The summed E-state index contributed by atoms with van der Waals surface area (Å²) in [6, 6.07) is 0.217. The highest BCUT2D eigenvalue weighted by Crippen LogP contribution is 2.39. The van der Waals surface area contributed by atoms with E-state index in [2.05, 4.69) is 23.7 Å². The van der Waals surface area contributed by atoms with Crippen LogP contribution in [0.15, 0.2) is 10.9 Å². The third kappa shape index (κ3) is 2.42. The minimum absolute atomic E-state index is 0.217. The molecule has 1 aliphatic rings. The molecule has 0 aromatic carbocycles. The lowest BCUT2D eigenvalue weighted by Crippen LogP contribution is -2.35. The summed E-state index contributed by atoms with van der Waals surface area (Å²) in [5, 5.41) is 11.5. The summed E-state index contributed by atoms with van der Waals surface area (Å²) in [7, 11) is 0. The first-order valence-electron chi connectivity index (χ1n) is 6.44. The Morgan fingerprint density at radius 3 is 3.06 bits per heavy atom. The quantitative estimate of drug-likeness (QED) is 0.892. The minimum atomic E-state index is -0.641. The second-order valence-electron chi connectivity index (χ2n) is 5.15. The molecule has 1 aromatic heterocycles. The van der Waals surface area contributed by atoms with E-state index in [0.717, 1.165) is 31.5 Å². The topological polar surface area (TPSA) is 53.4 Å². The average Bonchev–Trinajstić information content (AvgIpc) is 2.98. The molecule has 1 aliphatic heterocycles. The highest BCUT2D eigenvalue weighted by Gasteiger charge is 2.45. The number of carboxylic acid groups (broad SMARTS) is 1. The fraction of sp³-hybridized carbons (Fsp3) is 0.692. The first-order chi connectivity index (χ1) is 8.59. The van der Waals surface area contributed by atoms with E-state index < -0.39 is 11.4 Å². The average molecular weight is 268 g/mol. The monoisotopic (exact) mass is 268 g/mol. The maximum atomic E-state index is 11.5. The summed E-state index contributed by atoms with van der Waals surface area (Å²) >= 11 is 1.59. The molecular formula is C13H20N2O2S. The van der Waals surface area contributed by atoms with Crippen LogP contribution in [-0.2, 0) is 4.79 Å². The fourth-order valence-corrected chi connectivity index (χ4v) is 3.46. The molecular weight excluding hydrogens is 248 g/mol. The van der Waals surface area contributed by atoms with Gasteiger partial charge in [0, 0.05) is 11.9 Å². The molecule has 1 N–H and O–H groups in total. The van der Waals surface area contributed by atoms with Gasteiger partial charge in [0.15, 0.2) is 0 Å². The first kappa shape index (κ1) is 13.5. The van der Waals surface area contributed by atoms with Crippen LogP contribution < -0.4 is 0 Å². The summed E-state index contributed by atoms with van der Waals surface area (Å²) < 4.78 is 0. The number of carbonyl (C=O) groups is 1. The number of aliphatic carboxylic acids is 1. The molecule has 0 saturated carbocycles. The number of rotatable bonds is 5. The van der Waals surface area contributed by atoms with Gasteiger partial charge in [0.2, 0.25) is 0 Å². The number of hydrogen-bond donors (Lipinski definition) is 1. The Bertz CT molecular complexity index is 407. The SMILES string of the molecule is CCCC1(C(=O)O)CCN(C(C)c2cscn2)C1. The normalized spacial score (nSPS) is 26.3. The zero-order valence-corrected chi connectivity index (χ0v) is 11.7. The van der Waals surface area contributed by atoms with E-state index in [1.807, 2.05) is 10.9 Å². The van der Waals surface area contributed by atoms with Gasteiger partial charge in [0.05, 0.1) is 22.7 Å². The van der Waals surface area contributed by atoms with Crippen LogP contribution in [0.4, 0.5) is 0 Å². The van der Waals surface area contributed by atoms with Gasteiger partial charge >= 0.3 is 5.97 Å². The van der Waals surface area contributed by atoms with E-state index in [0.29, 0.717) is 6.54 Å². The Kier molecular flexibility index (Phi) is 4.02. The molecule has 1 saturated heterocycles. The van der Waals surface area contributed by atoms with Gasteiger partial charge < -0.3 is 5.11 Å². The second-order valence-corrected chi connectivity index (χ2v) is 5.86. The van der Waals surface area contributed by atoms with Crippen LogP contribution in [0.25, 0.3) is 0 Å². The zero-order valence-electron chi connectivity index (χ0n) is 10.9. The van der Waals surface area contributed by atoms with Crippen LogP contribution in [0.3, 0.4) is 0 Å². The van der Waals surface area contributed by atoms with E-state index in [-0.39, 0.29) is 6.04 Å². The Balaban J connectivity index is 2.09. The molecule has 0 spiro atoms. The molecule has 2 rings (SSSR count). The molecule has 4 nitrogen and oxygen atoms in total. The third-order valence-electron chi connectivity index (χ3n) is 3.99. The smallest absolute Gasteiger partial charge is 0.310 e. The van der Waals surface area contributed by atoms with E-state index >= 15 is 0 Å². The molecule has 1 aromatic rings. The molecule has 0 aliphatic carbocycles. The van der Waals surface area contributed by atoms with Crippen molar-refractivity contribution in [1.29, 1.82) is 0 Å². The number of thiazole rings is 1. The summed E-state index contributed by atoms with van der Waals surface area (Å²) in [5.41, 5.74) is 2.34. The molecule has 0 radical (unpaired) electrons. The van der Waals surface area contributed by atoms with Crippen molar-refractivity contribution in [2.45, 2.75) is 39.2 Å². The van der Waals surface area contributed by atoms with Gasteiger partial charge in [-0.3, -0.25) is 9.69 Å². The summed E-state index contributed by atoms with van der Waals surface area (Å²) in [4.78, 5) is 18.1. The molecule has 2 atom stereocenters. The van der Waals surface area contributed by atoms with Crippen molar-refractivity contribution in [3.05, 3.63) is 16.6 Å². The zero-order chi connectivity index (χ0) is 13.2. The summed E-state index contributed by atoms with van der Waals surface area (Å²) in [6.07, 6.45) is 2.44. The standard InChI is InChI=1S/C13H20N2O2S/c1-3-4-13(12(16)17)5-6-15(8-13)10(2)11-7-18-9-14-11/h7,9-10H,3-6,8H2,1-2H3,(H,16,17). The lowest BCUT2D eigenvalue weighted by atomic mass is 9.83. The van der Waals surface area contributed by atoms with Crippen molar-refractivity contribution >= 4 is 17.3 Å². The van der Waals surface area contributed by atoms with Crippen molar-refractivity contribution < 1.29 is 9.90 Å². The van der Waals surface area contributed by atoms with Crippen LogP contribution in [-0.4, -0.2) is 34.0 Å². The van der Waals surface area contributed by atoms with Crippen LogP contribution in [0.5, 0.6) is 0 Å². The third-order valence-corrected chi connectivity index (χ3v) is 4.60. The van der Waals surface area contributed by atoms with Gasteiger partial charge in [-0.15, -0.1) is 11.3 Å². The van der Waals surface area contributed by atoms with E-state index in [9.17, 15) is 9.90 Å². The molecule has 2 unspecified atom stereocenters. The second kappa shape index (κ2) is 5.36. The molecule has 1 fully saturated rings. The first-order valence-corrected chi connectivity index (χ1v) is 7.39. The van der Waals surface area contributed by atoms with Crippen molar-refractivity contribution in [2.24, 2.45) is 5.41 Å². The lowest BCUT2D eigenvalue weighted by Gasteiger charge is -2.27. The summed E-state index contributed by atoms with van der Waals surface area (Å²) in [6.45, 7) is 5.66. The van der Waals surface area contributed by atoms with Crippen LogP contribution in [0, 0.1) is 5.41 Å². The number of hydrogen-bond acceptors (Lipinski definition) is 4. The van der Waals surface area contributed by atoms with Gasteiger partial charge in [0.1, 0.15) is 0 Å². The molecule has 0 bridgehead atoms. The van der Waals surface area contributed by atoms with Crippen molar-refractivity contribution in [2.75, 3.05) is 13.1 Å². The van der Waals surface area contributed by atoms with Crippen LogP contribution in [0.1, 0.15) is 44.8 Å². The Labute approximate surface area is 112 Å². The highest BCUT2D eigenvalue weighted by atomic mass is 32.1. The van der Waals surface area contributed by atoms with E-state index in [1.54, 1.807) is 11.3 Å². The Morgan fingerprint density at radius 2 is 2.50 bits per heavy atom. The molecule has 18 heavy (non-hydrogen) atoms. The van der Waals surface area contributed by atoms with E-state index in [1.165, 1.54) is 0 Å². The van der Waals surface area contributed by atoms with Gasteiger partial charge in [-0.2, -0.15) is 0 Å². The summed E-state index contributed by atoms with van der Waals surface area (Å²) in [5.74, 6) is -0.641. The predicted molar refractivity (Wildman–Crippen MR) is 71.7 cm³/mol. The van der Waals surface area contributed by atoms with Crippen molar-refractivity contribution in [3.63, 3.8) is 0 Å². The lowest BCUT2D eigenvalue weighted by molar-refractivity contribution is -0.148. The van der Waals surface area contributed by atoms with Gasteiger partial charge in [0.25, 0.3) is 0 Å². The molecule has 100 valence electrons. The predicted octanol–water partition coefficient (Wildman–Crippen LogP) is 2.78.